The van der Waals surface area contributed by atoms with Crippen LogP contribution in [0.15, 0.2) is 103 Å². The van der Waals surface area contributed by atoms with E-state index in [0.717, 1.165) is 29.5 Å². The van der Waals surface area contributed by atoms with E-state index in [-0.39, 0.29) is 48.1 Å². The van der Waals surface area contributed by atoms with E-state index in [1.54, 1.807) is 32.9 Å². The molecule has 2 aliphatic rings. The van der Waals surface area contributed by atoms with Crippen molar-refractivity contribution < 1.29 is 50.3 Å². The second-order valence-electron chi connectivity index (χ2n) is 13.1. The summed E-state index contributed by atoms with van der Waals surface area (Å²) in [6.07, 6.45) is -12.5. The second-order valence-corrected chi connectivity index (χ2v) is 13.1. The molecule has 0 bridgehead atoms. The second kappa shape index (κ2) is 14.8. The number of aryl methyl sites for hydroxylation is 4. The first-order valence-corrected chi connectivity index (χ1v) is 16.0. The Kier molecular flexibility index (Phi) is 5.24. The molecule has 3 heteroatoms. The Balaban J connectivity index is 0.000000253. The van der Waals surface area contributed by atoms with E-state index in [4.69, 9.17) is 24.7 Å². The van der Waals surface area contributed by atoms with Gasteiger partial charge in [0.25, 0.3) is 0 Å². The number of nitrogens with zero attached hydrogens (tertiary/aromatic N) is 2. The normalized spacial score (nSPS) is 25.5. The van der Waals surface area contributed by atoms with Crippen LogP contribution in [-0.2, 0) is 52.0 Å². The first-order chi connectivity index (χ1) is 32.7. The zero-order valence-electron chi connectivity index (χ0n) is 50.0. The standard InChI is InChI=1S/C25H24N.C23H24N.Ir/c1-16-8-9-21(24-10-17(2)18(3)15-26-24)23-14-25(13-22(16)23)11-19-6-4-5-7-20(19)12-25;1-17-16-24-22(14-21(17)15-23(2,3)4)20-12-8-11-19(13-20)18-9-6-5-7-10-18;/h4-8,10,15H,11-14H2,1-3H3;5-11,13-14,16H,15H2,1-4H3;/q2*-1;/i1D3,2D3,3D3,11D2,12D2,13D2,14D2;1D3,15D2;. The monoisotopic (exact) mass is 867 g/mol. The molecule has 2 nitrogen and oxygen atoms in total. The van der Waals surface area contributed by atoms with Crippen molar-refractivity contribution in [1.29, 1.82) is 0 Å². The maximum absolute atomic E-state index is 9.38. The van der Waals surface area contributed by atoms with Crippen molar-refractivity contribution >= 4 is 0 Å². The van der Waals surface area contributed by atoms with E-state index in [9.17, 15) is 5.48 Å². The molecule has 1 spiro atoms. The van der Waals surface area contributed by atoms with Crippen LogP contribution in [0.3, 0.4) is 0 Å². The molecular formula is C48H48IrN2-2. The summed E-state index contributed by atoms with van der Waals surface area (Å²) in [5.74, 6) is 0. The van der Waals surface area contributed by atoms with Crippen LogP contribution in [0.25, 0.3) is 33.6 Å². The molecule has 0 atom stereocenters. The third-order valence-corrected chi connectivity index (χ3v) is 8.08. The number of fused-ring (bicyclic) bond motifs is 2. The Bertz CT molecular complexity index is 3020. The van der Waals surface area contributed by atoms with Crippen molar-refractivity contribution in [1.82, 2.24) is 9.97 Å². The molecule has 2 aromatic heterocycles. The van der Waals surface area contributed by atoms with Crippen molar-refractivity contribution in [3.05, 3.63) is 166 Å². The van der Waals surface area contributed by atoms with Crippen LogP contribution in [0.4, 0.5) is 0 Å². The quantitative estimate of drug-likeness (QED) is 0.165. The van der Waals surface area contributed by atoms with Crippen LogP contribution in [-0.4, -0.2) is 9.97 Å². The summed E-state index contributed by atoms with van der Waals surface area (Å²) in [4.78, 5) is 8.39. The van der Waals surface area contributed by atoms with Crippen molar-refractivity contribution in [2.24, 2.45) is 10.8 Å². The van der Waals surface area contributed by atoms with E-state index in [2.05, 4.69) is 22.1 Å². The molecule has 51 heavy (non-hydrogen) atoms. The smallest absolute Gasteiger partial charge is 0.0322 e. The van der Waals surface area contributed by atoms with E-state index in [1.807, 2.05) is 42.5 Å². The maximum Gasteiger partial charge on any atom is 0.0322 e. The van der Waals surface area contributed by atoms with Crippen molar-refractivity contribution in [2.75, 3.05) is 0 Å². The first-order valence-electron chi connectivity index (χ1n) is 27.0. The Morgan fingerprint density at radius 2 is 1.37 bits per heavy atom. The minimum absolute atomic E-state index is 0. The maximum atomic E-state index is 9.38. The van der Waals surface area contributed by atoms with E-state index in [1.165, 1.54) is 30.5 Å². The molecule has 2 aliphatic carbocycles. The summed E-state index contributed by atoms with van der Waals surface area (Å²) in [5.41, 5.74) is -5.71. The summed E-state index contributed by atoms with van der Waals surface area (Å²) >= 11 is 0. The number of rotatable bonds is 4. The average Bonchev–Trinajstić information content (AvgIpc) is 3.53. The molecule has 0 amide bonds. The van der Waals surface area contributed by atoms with Crippen molar-refractivity contribution in [3.8, 4) is 33.6 Å². The number of benzene rings is 4. The fourth-order valence-corrected chi connectivity index (χ4v) is 5.80. The third kappa shape index (κ3) is 8.01. The van der Waals surface area contributed by atoms with Gasteiger partial charge in [0.2, 0.25) is 0 Å². The van der Waals surface area contributed by atoms with Crippen LogP contribution in [0, 0.1) is 50.4 Å². The molecule has 4 aromatic carbocycles. The number of pyridine rings is 2. The topological polar surface area (TPSA) is 25.8 Å². The Morgan fingerprint density at radius 1 is 0.706 bits per heavy atom. The Labute approximate surface area is 350 Å². The molecule has 6 aromatic rings. The summed E-state index contributed by atoms with van der Waals surface area (Å²) in [7, 11) is 0. The van der Waals surface area contributed by atoms with Gasteiger partial charge in [0.15, 0.2) is 0 Å². The van der Waals surface area contributed by atoms with Gasteiger partial charge in [0, 0.05) is 62.7 Å². The molecular weight excluding hydrogens is 797 g/mol. The number of hydrogen-bond donors (Lipinski definition) is 0. The van der Waals surface area contributed by atoms with Crippen LogP contribution in [0.1, 0.15) is 101 Å². The van der Waals surface area contributed by atoms with E-state index < -0.39 is 103 Å². The molecule has 0 fully saturated rings. The van der Waals surface area contributed by atoms with Crippen molar-refractivity contribution in [2.45, 2.75) is 80.0 Å². The number of aromatic nitrogens is 2. The van der Waals surface area contributed by atoms with Gasteiger partial charge in [-0.1, -0.05) is 112 Å². The van der Waals surface area contributed by atoms with Gasteiger partial charge in [0.1, 0.15) is 0 Å². The molecule has 0 N–H and O–H groups in total. The third-order valence-electron chi connectivity index (χ3n) is 8.08. The Hall–Kier alpha value is -4.17. The molecule has 0 aliphatic heterocycles. The fraction of sp³-hybridized carbons (Fsp3) is 0.292. The fourth-order valence-electron chi connectivity index (χ4n) is 5.80. The van der Waals surface area contributed by atoms with Gasteiger partial charge >= 0.3 is 0 Å². The zero-order chi connectivity index (χ0) is 54.0. The molecule has 1 radical (unpaired) electrons. The predicted octanol–water partition coefficient (Wildman–Crippen LogP) is 11.5. The van der Waals surface area contributed by atoms with Crippen molar-refractivity contribution in [3.63, 3.8) is 0 Å². The van der Waals surface area contributed by atoms with Gasteiger partial charge in [0.05, 0.1) is 0 Å². The summed E-state index contributed by atoms with van der Waals surface area (Å²) in [5, 5.41) is 0. The molecule has 8 rings (SSSR count). The summed E-state index contributed by atoms with van der Waals surface area (Å²) in [6.45, 7) is -6.13. The van der Waals surface area contributed by atoms with Gasteiger partial charge in [-0.15, -0.1) is 69.8 Å². The number of hydrogen-bond acceptors (Lipinski definition) is 2. The van der Waals surface area contributed by atoms with Gasteiger partial charge < -0.3 is 9.97 Å². The van der Waals surface area contributed by atoms with E-state index >= 15 is 0 Å². The van der Waals surface area contributed by atoms with Crippen LogP contribution in [0.2, 0.25) is 0 Å². The SMILES string of the molecule is [2H]C([2H])([2H])c1cnc(-c2[c-]cc(C([2H])([2H])[2H])c3c2C([2H])([2H])C2(C([2H])([2H])c4ccccc4C2([2H])[2H])C3([2H])[2H])cc1C([2H])([2H])[2H].[2H]C([2H])([2H])c1cnc(-c2[c-]ccc(-c3ccccc3)c2)cc1C([2H])([2H])C(C)(C)C.[Ir]. The largest absolute Gasteiger partial charge is 0.304 e. The molecule has 0 saturated carbocycles. The van der Waals surface area contributed by atoms with Gasteiger partial charge in [-0.2, -0.15) is 0 Å². The van der Waals surface area contributed by atoms with Gasteiger partial charge in [-0.3, -0.25) is 0 Å². The minimum atomic E-state index is -3.32. The molecule has 0 unspecified atom stereocenters. The molecule has 0 saturated heterocycles. The van der Waals surface area contributed by atoms with Gasteiger partial charge in [-0.25, -0.2) is 0 Å². The Morgan fingerprint density at radius 3 is 2.08 bits per heavy atom. The minimum Gasteiger partial charge on any atom is -0.304 e. The first kappa shape index (κ1) is 18.0. The average molecular weight is 867 g/mol. The zero-order valence-corrected chi connectivity index (χ0v) is 30.4. The van der Waals surface area contributed by atoms with Crippen LogP contribution >= 0.6 is 0 Å². The van der Waals surface area contributed by atoms with Crippen LogP contribution < -0.4 is 0 Å². The van der Waals surface area contributed by atoms with Crippen LogP contribution in [0.5, 0.6) is 0 Å². The predicted molar refractivity (Wildman–Crippen MR) is 208 cm³/mol. The van der Waals surface area contributed by atoms with E-state index in [0.29, 0.717) is 11.3 Å². The summed E-state index contributed by atoms with van der Waals surface area (Å²) < 4.78 is 186. The summed E-state index contributed by atoms with van der Waals surface area (Å²) in [6, 6.07) is 29.8. The molecule has 261 valence electrons. The van der Waals surface area contributed by atoms with Gasteiger partial charge in [-0.05, 0) is 96.1 Å². The molecule has 2 heterocycles.